The van der Waals surface area contributed by atoms with E-state index in [1.165, 1.54) is 20.0 Å². The first kappa shape index (κ1) is 17.3. The van der Waals surface area contributed by atoms with Crippen LogP contribution in [0.5, 0.6) is 5.75 Å². The maximum absolute atomic E-state index is 11.7. The molecule has 0 atom stereocenters. The van der Waals surface area contributed by atoms with E-state index in [4.69, 9.17) is 9.57 Å². The highest BCUT2D eigenvalue weighted by molar-refractivity contribution is 5.88. The minimum Gasteiger partial charge on any atom is -0.493 e. The number of hydrogen-bond donors (Lipinski definition) is 1. The van der Waals surface area contributed by atoms with Crippen molar-refractivity contribution >= 4 is 11.7 Å². The first-order chi connectivity index (χ1) is 10.1. The van der Waals surface area contributed by atoms with Crippen LogP contribution in [0.25, 0.3) is 0 Å². The van der Waals surface area contributed by atoms with E-state index in [0.717, 1.165) is 41.5 Å². The Morgan fingerprint density at radius 3 is 2.67 bits per heavy atom. The second-order valence-corrected chi connectivity index (χ2v) is 4.84. The van der Waals surface area contributed by atoms with Crippen LogP contribution < -0.4 is 10.1 Å². The molecule has 0 radical (unpaired) electrons. The first-order valence-corrected chi connectivity index (χ1v) is 7.46. The summed E-state index contributed by atoms with van der Waals surface area (Å²) in [5.41, 5.74) is 1.83. The Labute approximate surface area is 127 Å². The van der Waals surface area contributed by atoms with Gasteiger partial charge in [0.2, 0.25) is 0 Å². The van der Waals surface area contributed by atoms with Crippen LogP contribution in [0.15, 0.2) is 18.2 Å². The average Bonchev–Trinajstić information content (AvgIpc) is 2.51. The zero-order chi connectivity index (χ0) is 15.7. The molecule has 5 heteroatoms. The van der Waals surface area contributed by atoms with Crippen molar-refractivity contribution in [1.82, 2.24) is 5.06 Å². The number of nitrogens with one attached hydrogen (secondary N) is 1. The zero-order valence-corrected chi connectivity index (χ0v) is 13.4. The van der Waals surface area contributed by atoms with Gasteiger partial charge in [-0.3, -0.25) is 4.84 Å². The van der Waals surface area contributed by atoms with Gasteiger partial charge in [0, 0.05) is 12.7 Å². The molecule has 1 aromatic carbocycles. The number of unbranched alkanes of at least 4 members (excludes halogenated alkanes) is 2. The van der Waals surface area contributed by atoms with Crippen molar-refractivity contribution in [1.29, 1.82) is 0 Å². The van der Waals surface area contributed by atoms with Gasteiger partial charge >= 0.3 is 6.03 Å². The summed E-state index contributed by atoms with van der Waals surface area (Å²) in [7, 11) is 3.01. The van der Waals surface area contributed by atoms with E-state index >= 15 is 0 Å². The third-order valence-electron chi connectivity index (χ3n) is 3.26. The molecule has 0 heterocycles. The SMILES string of the molecule is CCCCCOc1ccc(NC(=O)N(C)OC)cc1CC. The number of aryl methyl sites for hydroxylation is 1. The monoisotopic (exact) mass is 294 g/mol. The Kier molecular flexibility index (Phi) is 7.61. The van der Waals surface area contributed by atoms with Crippen molar-refractivity contribution < 1.29 is 14.4 Å². The summed E-state index contributed by atoms with van der Waals surface area (Å²) in [5, 5.41) is 3.92. The molecule has 0 bridgehead atoms. The molecule has 0 saturated carbocycles. The molecule has 2 amide bonds. The summed E-state index contributed by atoms with van der Waals surface area (Å²) in [6, 6.07) is 5.38. The number of carbonyl (C=O) groups excluding carboxylic acids is 1. The largest absolute Gasteiger partial charge is 0.493 e. The highest BCUT2D eigenvalue weighted by atomic mass is 16.7. The fourth-order valence-corrected chi connectivity index (χ4v) is 1.89. The Bertz CT molecular complexity index is 449. The van der Waals surface area contributed by atoms with Gasteiger partial charge < -0.3 is 10.1 Å². The van der Waals surface area contributed by atoms with Crippen molar-refractivity contribution in [2.75, 3.05) is 26.1 Å². The van der Waals surface area contributed by atoms with Gasteiger partial charge in [-0.25, -0.2) is 9.86 Å². The lowest BCUT2D eigenvalue weighted by atomic mass is 10.1. The molecule has 0 unspecified atom stereocenters. The molecule has 1 aromatic rings. The van der Waals surface area contributed by atoms with Gasteiger partial charge in [-0.1, -0.05) is 26.7 Å². The number of ether oxygens (including phenoxy) is 1. The summed E-state index contributed by atoms with van der Waals surface area (Å²) in [6.45, 7) is 4.98. The lowest BCUT2D eigenvalue weighted by molar-refractivity contribution is -0.0598. The number of carbonyl (C=O) groups is 1. The predicted octanol–water partition coefficient (Wildman–Crippen LogP) is 3.84. The quantitative estimate of drug-likeness (QED) is 0.585. The second kappa shape index (κ2) is 9.23. The van der Waals surface area contributed by atoms with E-state index in [0.29, 0.717) is 0 Å². The fraction of sp³-hybridized carbons (Fsp3) is 0.562. The van der Waals surface area contributed by atoms with Crippen molar-refractivity contribution in [3.8, 4) is 5.75 Å². The molecule has 0 aliphatic heterocycles. The smallest absolute Gasteiger partial charge is 0.345 e. The Morgan fingerprint density at radius 1 is 1.29 bits per heavy atom. The number of urea groups is 1. The molecule has 5 nitrogen and oxygen atoms in total. The number of nitrogens with zero attached hydrogens (tertiary/aromatic N) is 1. The van der Waals surface area contributed by atoms with E-state index in [1.54, 1.807) is 7.05 Å². The normalized spacial score (nSPS) is 10.3. The lowest BCUT2D eigenvalue weighted by Crippen LogP contribution is -2.30. The molecule has 1 rings (SSSR count). The summed E-state index contributed by atoms with van der Waals surface area (Å²) >= 11 is 0. The first-order valence-electron chi connectivity index (χ1n) is 7.46. The Morgan fingerprint density at radius 2 is 2.05 bits per heavy atom. The summed E-state index contributed by atoms with van der Waals surface area (Å²) in [5.74, 6) is 0.895. The van der Waals surface area contributed by atoms with Crippen LogP contribution in [-0.4, -0.2) is 31.9 Å². The molecule has 0 fully saturated rings. The lowest BCUT2D eigenvalue weighted by Gasteiger charge is -2.16. The van der Waals surface area contributed by atoms with Gasteiger partial charge in [-0.15, -0.1) is 0 Å². The molecule has 0 aliphatic rings. The van der Waals surface area contributed by atoms with E-state index in [2.05, 4.69) is 19.2 Å². The minimum atomic E-state index is -0.309. The van der Waals surface area contributed by atoms with E-state index in [9.17, 15) is 4.79 Å². The number of hydrogen-bond acceptors (Lipinski definition) is 3. The average molecular weight is 294 g/mol. The zero-order valence-electron chi connectivity index (χ0n) is 13.4. The third kappa shape index (κ3) is 5.63. The van der Waals surface area contributed by atoms with Crippen LogP contribution in [0.3, 0.4) is 0 Å². The van der Waals surface area contributed by atoms with Gasteiger partial charge in [0.25, 0.3) is 0 Å². The van der Waals surface area contributed by atoms with E-state index < -0.39 is 0 Å². The van der Waals surface area contributed by atoms with E-state index in [1.807, 2.05) is 18.2 Å². The number of hydroxylamine groups is 2. The summed E-state index contributed by atoms with van der Waals surface area (Å²) < 4.78 is 5.81. The molecular weight excluding hydrogens is 268 g/mol. The van der Waals surface area contributed by atoms with Crippen LogP contribution in [0, 0.1) is 0 Å². The van der Waals surface area contributed by atoms with Crippen LogP contribution in [0.2, 0.25) is 0 Å². The van der Waals surface area contributed by atoms with Gasteiger partial charge in [0.1, 0.15) is 5.75 Å². The molecule has 0 aliphatic carbocycles. The Hall–Kier alpha value is -1.75. The Balaban J connectivity index is 2.67. The number of anilines is 1. The maximum atomic E-state index is 11.7. The molecule has 118 valence electrons. The summed E-state index contributed by atoms with van der Waals surface area (Å²) in [6.07, 6.45) is 4.28. The van der Waals surface area contributed by atoms with Crippen molar-refractivity contribution in [3.63, 3.8) is 0 Å². The van der Waals surface area contributed by atoms with Gasteiger partial charge in [0.15, 0.2) is 0 Å². The summed E-state index contributed by atoms with van der Waals surface area (Å²) in [4.78, 5) is 16.6. The number of rotatable bonds is 8. The van der Waals surface area contributed by atoms with Gasteiger partial charge in [-0.2, -0.15) is 0 Å². The van der Waals surface area contributed by atoms with Crippen molar-refractivity contribution in [2.45, 2.75) is 39.5 Å². The molecular formula is C16H26N2O3. The van der Waals surface area contributed by atoms with Crippen LogP contribution in [-0.2, 0) is 11.3 Å². The van der Waals surface area contributed by atoms with Crippen molar-refractivity contribution in [3.05, 3.63) is 23.8 Å². The van der Waals surface area contributed by atoms with Crippen molar-refractivity contribution in [2.24, 2.45) is 0 Å². The molecule has 1 N–H and O–H groups in total. The highest BCUT2D eigenvalue weighted by Gasteiger charge is 2.10. The second-order valence-electron chi connectivity index (χ2n) is 4.84. The van der Waals surface area contributed by atoms with Gasteiger partial charge in [0.05, 0.1) is 13.7 Å². The fourth-order valence-electron chi connectivity index (χ4n) is 1.89. The molecule has 0 saturated heterocycles. The van der Waals surface area contributed by atoms with Crippen LogP contribution >= 0.6 is 0 Å². The molecule has 0 spiro atoms. The standard InChI is InChI=1S/C16H26N2O3/c1-5-7-8-11-21-15-10-9-14(12-13(15)6-2)17-16(19)18(3)20-4/h9-10,12H,5-8,11H2,1-4H3,(H,17,19). The van der Waals surface area contributed by atoms with Crippen LogP contribution in [0.4, 0.5) is 10.5 Å². The van der Waals surface area contributed by atoms with E-state index in [-0.39, 0.29) is 6.03 Å². The highest BCUT2D eigenvalue weighted by Crippen LogP contribution is 2.24. The maximum Gasteiger partial charge on any atom is 0.345 e. The van der Waals surface area contributed by atoms with Gasteiger partial charge in [-0.05, 0) is 36.6 Å². The minimum absolute atomic E-state index is 0.309. The van der Waals surface area contributed by atoms with Crippen LogP contribution in [0.1, 0.15) is 38.7 Å². The predicted molar refractivity (Wildman–Crippen MR) is 84.6 cm³/mol. The number of amides is 2. The third-order valence-corrected chi connectivity index (χ3v) is 3.26. The number of benzene rings is 1. The molecule has 21 heavy (non-hydrogen) atoms. The topological polar surface area (TPSA) is 50.8 Å². The molecule has 0 aromatic heterocycles.